The van der Waals surface area contributed by atoms with Crippen LogP contribution in [0.1, 0.15) is 323 Å². The molecule has 0 rings (SSSR count). The summed E-state index contributed by atoms with van der Waals surface area (Å²) in [7, 11) is 0. The zero-order valence-electron chi connectivity index (χ0n) is 52.6. The number of carbonyl (C=O) groups is 3. The Labute approximate surface area is 495 Å². The van der Waals surface area contributed by atoms with Crippen LogP contribution in [0.4, 0.5) is 0 Å². The molecule has 0 amide bonds. The van der Waals surface area contributed by atoms with Crippen molar-refractivity contribution in [1.82, 2.24) is 0 Å². The Balaban J connectivity index is 4.31. The van der Waals surface area contributed by atoms with Crippen LogP contribution < -0.4 is 0 Å². The summed E-state index contributed by atoms with van der Waals surface area (Å²) in [6.45, 7) is 6.37. The standard InChI is InChI=1S/C74H126O6/c1-4-7-10-13-16-19-22-25-28-30-32-33-34-35-36-37-38-39-40-41-42-44-46-49-52-55-58-61-64-67-73(76)79-70-71(69-78-72(75)66-63-60-57-54-51-48-45-27-24-21-18-15-12-9-6-3)80-74(77)68-65-62-59-56-53-50-47-43-31-29-26-23-20-17-14-11-8-5-2/h7,9-10,12,16,18-19,21,25,27-28,32-33,45,51,54,60,63,71H,4-6,8,11,13-15,17,20,22-24,26,29-31,34-44,46-50,52-53,55-59,61-62,64-70H2,1-3H3/b10-7-,12-9-,19-16-,21-18-,28-25-,33-32-,45-27-,54-51-,63-60-. The second-order valence-corrected chi connectivity index (χ2v) is 22.3. The maximum absolute atomic E-state index is 12.9. The highest BCUT2D eigenvalue weighted by Crippen LogP contribution is 2.17. The Morgan fingerprint density at radius 2 is 0.537 bits per heavy atom. The number of hydrogen-bond donors (Lipinski definition) is 0. The number of allylic oxidation sites excluding steroid dienone is 17. The van der Waals surface area contributed by atoms with Crippen LogP contribution >= 0.6 is 0 Å². The Hall–Kier alpha value is -3.93. The van der Waals surface area contributed by atoms with Crippen LogP contribution in [0.2, 0.25) is 0 Å². The average Bonchev–Trinajstić information content (AvgIpc) is 3.46. The highest BCUT2D eigenvalue weighted by molar-refractivity contribution is 5.72. The van der Waals surface area contributed by atoms with Crippen LogP contribution in [-0.4, -0.2) is 37.2 Å². The first kappa shape index (κ1) is 76.1. The van der Waals surface area contributed by atoms with Gasteiger partial charge in [-0.1, -0.05) is 329 Å². The molecule has 0 saturated heterocycles. The van der Waals surface area contributed by atoms with Crippen molar-refractivity contribution >= 4 is 17.9 Å². The summed E-state index contributed by atoms with van der Waals surface area (Å²) in [6, 6.07) is 0. The molecule has 0 spiro atoms. The van der Waals surface area contributed by atoms with Crippen LogP contribution in [0.3, 0.4) is 0 Å². The van der Waals surface area contributed by atoms with Crippen molar-refractivity contribution in [2.75, 3.05) is 13.2 Å². The number of unbranched alkanes of at least 4 members (excludes halogenated alkanes) is 33. The van der Waals surface area contributed by atoms with Crippen LogP contribution in [-0.2, 0) is 28.6 Å². The van der Waals surface area contributed by atoms with Gasteiger partial charge in [0.1, 0.15) is 13.2 Å². The van der Waals surface area contributed by atoms with Gasteiger partial charge < -0.3 is 14.2 Å². The molecule has 0 radical (unpaired) electrons. The van der Waals surface area contributed by atoms with Crippen LogP contribution in [0.25, 0.3) is 0 Å². The molecule has 6 nitrogen and oxygen atoms in total. The lowest BCUT2D eigenvalue weighted by Gasteiger charge is -2.18. The van der Waals surface area contributed by atoms with Crippen molar-refractivity contribution in [3.8, 4) is 0 Å². The summed E-state index contributed by atoms with van der Waals surface area (Å²) in [6.07, 6.45) is 92.8. The highest BCUT2D eigenvalue weighted by atomic mass is 16.6. The summed E-state index contributed by atoms with van der Waals surface area (Å²) in [4.78, 5) is 38.3. The summed E-state index contributed by atoms with van der Waals surface area (Å²) in [5, 5.41) is 0. The van der Waals surface area contributed by atoms with Crippen LogP contribution in [0, 0.1) is 0 Å². The molecule has 0 heterocycles. The van der Waals surface area contributed by atoms with Crippen molar-refractivity contribution in [3.63, 3.8) is 0 Å². The van der Waals surface area contributed by atoms with E-state index in [-0.39, 0.29) is 31.6 Å². The third kappa shape index (κ3) is 64.9. The fourth-order valence-corrected chi connectivity index (χ4v) is 9.57. The number of esters is 3. The van der Waals surface area contributed by atoms with E-state index in [4.69, 9.17) is 14.2 Å². The lowest BCUT2D eigenvalue weighted by molar-refractivity contribution is -0.166. The van der Waals surface area contributed by atoms with Crippen molar-refractivity contribution in [2.45, 2.75) is 329 Å². The minimum absolute atomic E-state index is 0.105. The molecule has 0 aromatic rings. The van der Waals surface area contributed by atoms with Gasteiger partial charge in [0.25, 0.3) is 0 Å². The van der Waals surface area contributed by atoms with Gasteiger partial charge in [-0.2, -0.15) is 0 Å². The Kier molecular flexibility index (Phi) is 64.3. The van der Waals surface area contributed by atoms with E-state index in [1.165, 1.54) is 186 Å². The molecular weight excluding hydrogens is 985 g/mol. The van der Waals surface area contributed by atoms with Gasteiger partial charge in [-0.05, 0) is 83.5 Å². The lowest BCUT2D eigenvalue weighted by atomic mass is 10.0. The van der Waals surface area contributed by atoms with Gasteiger partial charge >= 0.3 is 17.9 Å². The first-order chi connectivity index (χ1) is 39.5. The van der Waals surface area contributed by atoms with Gasteiger partial charge in [0.15, 0.2) is 6.10 Å². The number of hydrogen-bond acceptors (Lipinski definition) is 6. The maximum Gasteiger partial charge on any atom is 0.309 e. The molecule has 6 heteroatoms. The molecule has 0 bridgehead atoms. The fraction of sp³-hybridized carbons (Fsp3) is 0.716. The second kappa shape index (κ2) is 67.6. The highest BCUT2D eigenvalue weighted by Gasteiger charge is 2.19. The predicted molar refractivity (Wildman–Crippen MR) is 348 cm³/mol. The van der Waals surface area contributed by atoms with Crippen LogP contribution in [0.15, 0.2) is 109 Å². The van der Waals surface area contributed by atoms with Gasteiger partial charge in [-0.15, -0.1) is 0 Å². The van der Waals surface area contributed by atoms with E-state index in [1.807, 2.05) is 6.08 Å². The van der Waals surface area contributed by atoms with Gasteiger partial charge in [0.05, 0.1) is 6.42 Å². The average molecular weight is 1110 g/mol. The van der Waals surface area contributed by atoms with E-state index < -0.39 is 12.1 Å². The fourth-order valence-electron chi connectivity index (χ4n) is 9.57. The molecule has 1 unspecified atom stereocenters. The molecule has 0 aromatic carbocycles. The Morgan fingerprint density at radius 3 is 0.875 bits per heavy atom. The van der Waals surface area contributed by atoms with E-state index in [1.54, 1.807) is 6.08 Å². The van der Waals surface area contributed by atoms with E-state index >= 15 is 0 Å². The van der Waals surface area contributed by atoms with Crippen molar-refractivity contribution in [3.05, 3.63) is 109 Å². The molecule has 0 aliphatic heterocycles. The number of carbonyl (C=O) groups excluding carboxylic acids is 3. The molecule has 0 aliphatic rings. The van der Waals surface area contributed by atoms with E-state index in [2.05, 4.69) is 118 Å². The molecule has 0 N–H and O–H groups in total. The Morgan fingerprint density at radius 1 is 0.275 bits per heavy atom. The first-order valence-electron chi connectivity index (χ1n) is 33.9. The minimum Gasteiger partial charge on any atom is -0.462 e. The smallest absolute Gasteiger partial charge is 0.309 e. The third-order valence-electron chi connectivity index (χ3n) is 14.6. The van der Waals surface area contributed by atoms with E-state index in [0.29, 0.717) is 12.8 Å². The van der Waals surface area contributed by atoms with E-state index in [0.717, 1.165) is 96.3 Å². The first-order valence-corrected chi connectivity index (χ1v) is 33.9. The topological polar surface area (TPSA) is 78.9 Å². The van der Waals surface area contributed by atoms with Gasteiger partial charge in [0, 0.05) is 12.8 Å². The largest absolute Gasteiger partial charge is 0.462 e. The molecule has 458 valence electrons. The molecule has 0 aliphatic carbocycles. The molecule has 80 heavy (non-hydrogen) atoms. The predicted octanol–water partition coefficient (Wildman–Crippen LogP) is 23.4. The maximum atomic E-state index is 12.9. The summed E-state index contributed by atoms with van der Waals surface area (Å²) < 4.78 is 16.9. The van der Waals surface area contributed by atoms with Gasteiger partial charge in [-0.25, -0.2) is 0 Å². The van der Waals surface area contributed by atoms with Crippen molar-refractivity contribution < 1.29 is 28.6 Å². The third-order valence-corrected chi connectivity index (χ3v) is 14.6. The summed E-state index contributed by atoms with van der Waals surface area (Å²) in [5.41, 5.74) is 0. The summed E-state index contributed by atoms with van der Waals surface area (Å²) >= 11 is 0. The zero-order chi connectivity index (χ0) is 57.8. The van der Waals surface area contributed by atoms with E-state index in [9.17, 15) is 14.4 Å². The molecule has 0 fully saturated rings. The molecule has 1 atom stereocenters. The quantitative estimate of drug-likeness (QED) is 0.0261. The normalized spacial score (nSPS) is 12.8. The van der Waals surface area contributed by atoms with Crippen molar-refractivity contribution in [2.24, 2.45) is 0 Å². The van der Waals surface area contributed by atoms with Crippen LogP contribution in [0.5, 0.6) is 0 Å². The van der Waals surface area contributed by atoms with Gasteiger partial charge in [-0.3, -0.25) is 14.4 Å². The minimum atomic E-state index is -0.818. The van der Waals surface area contributed by atoms with Crippen molar-refractivity contribution in [1.29, 1.82) is 0 Å². The number of rotatable bonds is 61. The lowest BCUT2D eigenvalue weighted by Crippen LogP contribution is -2.30. The molecule has 0 saturated carbocycles. The molecule has 0 aromatic heterocycles. The summed E-state index contributed by atoms with van der Waals surface area (Å²) in [5.74, 6) is -1.02. The monoisotopic (exact) mass is 1110 g/mol. The Bertz CT molecular complexity index is 1610. The molecular formula is C74H126O6. The van der Waals surface area contributed by atoms with Gasteiger partial charge in [0.2, 0.25) is 0 Å². The number of ether oxygens (including phenoxy) is 3. The SMILES string of the molecule is CC/C=C\C/C=C\C/C=C\C/C=C\C/C=C\CC(=O)OCC(COC(=O)CCCCCCCCCCCCCCCCCC/C=C\C/C=C\C/C=C\C/C=C\CC)OC(=O)CCCCCCCCCCCCCCCCCCCC. The second-order valence-electron chi connectivity index (χ2n) is 22.3. The zero-order valence-corrected chi connectivity index (χ0v) is 52.6.